The Morgan fingerprint density at radius 1 is 1.23 bits per heavy atom. The van der Waals surface area contributed by atoms with E-state index in [0.717, 1.165) is 10.6 Å². The molecule has 122 valence electrons. The summed E-state index contributed by atoms with van der Waals surface area (Å²) in [5.41, 5.74) is 0.587. The first-order valence-corrected chi connectivity index (χ1v) is 8.04. The molecule has 1 aromatic rings. The van der Waals surface area contributed by atoms with Gasteiger partial charge in [0.25, 0.3) is 0 Å². The maximum atomic E-state index is 12.2. The molecule has 0 aliphatic heterocycles. The Morgan fingerprint density at radius 2 is 1.82 bits per heavy atom. The fourth-order valence-electron chi connectivity index (χ4n) is 2.77. The van der Waals surface area contributed by atoms with Crippen LogP contribution >= 0.6 is 11.6 Å². The Kier molecular flexibility index (Phi) is 4.88. The zero-order valence-electron chi connectivity index (χ0n) is 14.0. The molecule has 2 atom stereocenters. The summed E-state index contributed by atoms with van der Waals surface area (Å²) in [5, 5.41) is 0.720. The van der Waals surface area contributed by atoms with E-state index in [-0.39, 0.29) is 23.2 Å². The van der Waals surface area contributed by atoms with E-state index in [1.54, 1.807) is 0 Å². The molecule has 1 aliphatic carbocycles. The second-order valence-electron chi connectivity index (χ2n) is 7.58. The minimum atomic E-state index is -0.440. The predicted molar refractivity (Wildman–Crippen MR) is 87.7 cm³/mol. The van der Waals surface area contributed by atoms with E-state index < -0.39 is 5.60 Å². The number of carbonyl (C=O) groups is 1. The number of rotatable bonds is 5. The molecule has 4 heteroatoms. The summed E-state index contributed by atoms with van der Waals surface area (Å²) < 4.78 is 11.3. The summed E-state index contributed by atoms with van der Waals surface area (Å²) in [5.74, 6) is 0.0317. The maximum Gasteiger partial charge on any atom is 0.310 e. The SMILES string of the molecule is CC(C)(C)OC(=O)C1C(COCc2ccc(Cl)cc2)C1(C)C. The molecule has 0 heterocycles. The number of benzene rings is 1. The number of ether oxygens (including phenoxy) is 2. The van der Waals surface area contributed by atoms with Gasteiger partial charge in [0.1, 0.15) is 5.60 Å². The van der Waals surface area contributed by atoms with Crippen molar-refractivity contribution >= 4 is 17.6 Å². The third kappa shape index (κ3) is 4.23. The van der Waals surface area contributed by atoms with E-state index in [0.29, 0.717) is 13.2 Å². The first-order chi connectivity index (χ1) is 10.1. The molecule has 2 rings (SSSR count). The lowest BCUT2D eigenvalue weighted by molar-refractivity contribution is -0.157. The zero-order valence-corrected chi connectivity index (χ0v) is 14.7. The third-order valence-corrected chi connectivity index (χ3v) is 4.44. The van der Waals surface area contributed by atoms with Crippen LogP contribution in [0.3, 0.4) is 0 Å². The first-order valence-electron chi connectivity index (χ1n) is 7.66. The van der Waals surface area contributed by atoms with Gasteiger partial charge in [-0.25, -0.2) is 0 Å². The summed E-state index contributed by atoms with van der Waals surface area (Å²) in [7, 11) is 0. The number of halogens is 1. The zero-order chi connectivity index (χ0) is 16.5. The van der Waals surface area contributed by atoms with Gasteiger partial charge in [-0.05, 0) is 43.9 Å². The van der Waals surface area contributed by atoms with Gasteiger partial charge in [-0.3, -0.25) is 4.79 Å². The Balaban J connectivity index is 1.83. The highest BCUT2D eigenvalue weighted by molar-refractivity contribution is 6.30. The smallest absolute Gasteiger partial charge is 0.310 e. The van der Waals surface area contributed by atoms with Gasteiger partial charge < -0.3 is 9.47 Å². The van der Waals surface area contributed by atoms with Crippen LogP contribution < -0.4 is 0 Å². The molecular weight excluding hydrogens is 300 g/mol. The fourth-order valence-corrected chi connectivity index (χ4v) is 2.90. The van der Waals surface area contributed by atoms with E-state index in [2.05, 4.69) is 13.8 Å². The average Bonchev–Trinajstić information content (AvgIpc) is 2.92. The van der Waals surface area contributed by atoms with Crippen molar-refractivity contribution in [3.63, 3.8) is 0 Å². The molecule has 0 amide bonds. The summed E-state index contributed by atoms with van der Waals surface area (Å²) in [6.07, 6.45) is 0. The normalized spacial score (nSPS) is 23.2. The fraction of sp³-hybridized carbons (Fsp3) is 0.611. The first kappa shape index (κ1) is 17.3. The summed E-state index contributed by atoms with van der Waals surface area (Å²) >= 11 is 5.86. The second-order valence-corrected chi connectivity index (χ2v) is 8.02. The lowest BCUT2D eigenvalue weighted by atomic mass is 10.1. The van der Waals surface area contributed by atoms with E-state index in [4.69, 9.17) is 21.1 Å². The van der Waals surface area contributed by atoms with E-state index in [1.807, 2.05) is 45.0 Å². The van der Waals surface area contributed by atoms with Gasteiger partial charge in [-0.15, -0.1) is 0 Å². The Hall–Kier alpha value is -1.06. The molecular formula is C18H25ClO3. The monoisotopic (exact) mass is 324 g/mol. The van der Waals surface area contributed by atoms with Crippen LogP contribution in [0.5, 0.6) is 0 Å². The molecule has 2 unspecified atom stereocenters. The van der Waals surface area contributed by atoms with Gasteiger partial charge >= 0.3 is 5.97 Å². The predicted octanol–water partition coefficient (Wildman–Crippen LogP) is 4.47. The van der Waals surface area contributed by atoms with E-state index in [9.17, 15) is 4.79 Å². The molecule has 22 heavy (non-hydrogen) atoms. The molecule has 0 N–H and O–H groups in total. The van der Waals surface area contributed by atoms with Gasteiger partial charge in [0.15, 0.2) is 0 Å². The van der Waals surface area contributed by atoms with Crippen molar-refractivity contribution in [3.8, 4) is 0 Å². The quantitative estimate of drug-likeness (QED) is 0.750. The molecule has 1 aromatic carbocycles. The molecule has 1 saturated carbocycles. The molecule has 0 saturated heterocycles. The lowest BCUT2D eigenvalue weighted by Crippen LogP contribution is -2.26. The van der Waals surface area contributed by atoms with Gasteiger partial charge in [-0.1, -0.05) is 37.6 Å². The molecule has 0 bridgehead atoms. The average molecular weight is 325 g/mol. The number of esters is 1. The lowest BCUT2D eigenvalue weighted by Gasteiger charge is -2.20. The third-order valence-electron chi connectivity index (χ3n) is 4.19. The summed E-state index contributed by atoms with van der Waals surface area (Å²) in [6.45, 7) is 11.0. The number of hydrogen-bond acceptors (Lipinski definition) is 3. The van der Waals surface area contributed by atoms with Crippen LogP contribution in [-0.2, 0) is 20.9 Å². The summed E-state index contributed by atoms with van der Waals surface area (Å²) in [6, 6.07) is 7.60. The molecule has 3 nitrogen and oxygen atoms in total. The van der Waals surface area contributed by atoms with Crippen LogP contribution in [0.15, 0.2) is 24.3 Å². The topological polar surface area (TPSA) is 35.5 Å². The number of hydrogen-bond donors (Lipinski definition) is 0. The molecule has 0 aromatic heterocycles. The van der Waals surface area contributed by atoms with Crippen LogP contribution in [0.1, 0.15) is 40.2 Å². The number of carbonyl (C=O) groups excluding carboxylic acids is 1. The van der Waals surface area contributed by atoms with Crippen LogP contribution in [0, 0.1) is 17.3 Å². The van der Waals surface area contributed by atoms with Gasteiger partial charge in [-0.2, -0.15) is 0 Å². The van der Waals surface area contributed by atoms with Crippen molar-refractivity contribution in [2.24, 2.45) is 17.3 Å². The second kappa shape index (κ2) is 6.21. The molecule has 0 spiro atoms. The van der Waals surface area contributed by atoms with Crippen LogP contribution in [0.2, 0.25) is 5.02 Å². The summed E-state index contributed by atoms with van der Waals surface area (Å²) in [4.78, 5) is 12.2. The van der Waals surface area contributed by atoms with E-state index >= 15 is 0 Å². The molecule has 1 fully saturated rings. The van der Waals surface area contributed by atoms with Gasteiger partial charge in [0.2, 0.25) is 0 Å². The minimum Gasteiger partial charge on any atom is -0.460 e. The van der Waals surface area contributed by atoms with Crippen molar-refractivity contribution in [3.05, 3.63) is 34.9 Å². The Morgan fingerprint density at radius 3 is 2.36 bits per heavy atom. The van der Waals surface area contributed by atoms with Crippen LogP contribution in [0.4, 0.5) is 0 Å². The largest absolute Gasteiger partial charge is 0.460 e. The van der Waals surface area contributed by atoms with Crippen molar-refractivity contribution in [2.45, 2.75) is 46.8 Å². The van der Waals surface area contributed by atoms with Crippen molar-refractivity contribution in [2.75, 3.05) is 6.61 Å². The van der Waals surface area contributed by atoms with E-state index in [1.165, 1.54) is 0 Å². The maximum absolute atomic E-state index is 12.2. The van der Waals surface area contributed by atoms with Crippen molar-refractivity contribution < 1.29 is 14.3 Å². The van der Waals surface area contributed by atoms with Gasteiger partial charge in [0, 0.05) is 10.9 Å². The Bertz CT molecular complexity index is 528. The highest BCUT2D eigenvalue weighted by atomic mass is 35.5. The standard InChI is InChI=1S/C18H25ClO3/c1-17(2,3)22-16(20)15-14(18(15,4)5)11-21-10-12-6-8-13(19)9-7-12/h6-9,14-15H,10-11H2,1-5H3. The van der Waals surface area contributed by atoms with Gasteiger partial charge in [0.05, 0.1) is 19.1 Å². The highest BCUT2D eigenvalue weighted by Gasteiger charge is 2.62. The highest BCUT2D eigenvalue weighted by Crippen LogP contribution is 2.59. The van der Waals surface area contributed by atoms with Crippen molar-refractivity contribution in [1.82, 2.24) is 0 Å². The minimum absolute atomic E-state index is 0.0532. The molecule has 1 aliphatic rings. The Labute approximate surface area is 137 Å². The molecule has 0 radical (unpaired) electrons. The van der Waals surface area contributed by atoms with Crippen LogP contribution in [0.25, 0.3) is 0 Å². The van der Waals surface area contributed by atoms with Crippen molar-refractivity contribution in [1.29, 1.82) is 0 Å². The van der Waals surface area contributed by atoms with Crippen LogP contribution in [-0.4, -0.2) is 18.2 Å².